The van der Waals surface area contributed by atoms with Crippen molar-refractivity contribution in [2.24, 2.45) is 0 Å². The number of rotatable bonds is 9. The van der Waals surface area contributed by atoms with E-state index in [1.807, 2.05) is 0 Å². The summed E-state index contributed by atoms with van der Waals surface area (Å²) in [5.74, 6) is 0.138. The zero-order chi connectivity index (χ0) is 11.5. The summed E-state index contributed by atoms with van der Waals surface area (Å²) < 4.78 is 5.08. The third kappa shape index (κ3) is 9.65. The molecule has 5 nitrogen and oxygen atoms in total. The molecule has 0 fully saturated rings. The van der Waals surface area contributed by atoms with Gasteiger partial charge in [-0.3, -0.25) is 4.79 Å². The van der Waals surface area contributed by atoms with Crippen molar-refractivity contribution in [2.45, 2.75) is 12.8 Å². The Kier molecular flexibility index (Phi) is 9.46. The van der Waals surface area contributed by atoms with Crippen molar-refractivity contribution in [3.63, 3.8) is 0 Å². The summed E-state index contributed by atoms with van der Waals surface area (Å²) in [6.45, 7) is 2.67. The molecule has 0 spiro atoms. The molecule has 1 amide bonds. The molecule has 0 aliphatic carbocycles. The molecular weight excluding hydrogens is 196 g/mol. The van der Waals surface area contributed by atoms with Crippen molar-refractivity contribution >= 4 is 5.91 Å². The number of carbonyl (C=O) groups is 1. The van der Waals surface area contributed by atoms with Crippen LogP contribution in [0.15, 0.2) is 0 Å². The minimum Gasteiger partial charge on any atom is -0.394 e. The lowest BCUT2D eigenvalue weighted by Gasteiger charge is -2.10. The van der Waals surface area contributed by atoms with Gasteiger partial charge < -0.3 is 20.1 Å². The summed E-state index contributed by atoms with van der Waals surface area (Å²) in [5, 5.41) is 11.6. The third-order valence-corrected chi connectivity index (χ3v) is 1.89. The Labute approximate surface area is 91.4 Å². The topological polar surface area (TPSA) is 61.8 Å². The Balaban J connectivity index is 3.08. The van der Waals surface area contributed by atoms with Gasteiger partial charge in [-0.15, -0.1) is 0 Å². The van der Waals surface area contributed by atoms with Gasteiger partial charge in [0.1, 0.15) is 0 Å². The van der Waals surface area contributed by atoms with Crippen molar-refractivity contribution in [2.75, 3.05) is 47.0 Å². The first-order chi connectivity index (χ1) is 7.18. The molecule has 0 atom stereocenters. The predicted octanol–water partition coefficient (Wildman–Crippen LogP) is -0.547. The first-order valence-electron chi connectivity index (χ1n) is 5.28. The highest BCUT2D eigenvalue weighted by Crippen LogP contribution is 1.85. The highest BCUT2D eigenvalue weighted by Gasteiger charge is 2.01. The molecule has 15 heavy (non-hydrogen) atoms. The number of aliphatic hydroxyl groups is 1. The first-order valence-corrected chi connectivity index (χ1v) is 5.28. The van der Waals surface area contributed by atoms with Crippen molar-refractivity contribution in [1.82, 2.24) is 10.2 Å². The van der Waals surface area contributed by atoms with E-state index in [0.717, 1.165) is 13.0 Å². The van der Waals surface area contributed by atoms with Crippen LogP contribution in [0.3, 0.4) is 0 Å². The number of nitrogens with one attached hydrogen (secondary N) is 1. The highest BCUT2D eigenvalue weighted by molar-refractivity contribution is 5.75. The summed E-state index contributed by atoms with van der Waals surface area (Å²) in [6, 6.07) is 0. The molecule has 0 saturated heterocycles. The van der Waals surface area contributed by atoms with Crippen LogP contribution in [0.2, 0.25) is 0 Å². The number of ether oxygens (including phenoxy) is 1. The first kappa shape index (κ1) is 14.3. The van der Waals surface area contributed by atoms with Crippen LogP contribution in [0.5, 0.6) is 0 Å². The fourth-order valence-electron chi connectivity index (χ4n) is 1.01. The van der Waals surface area contributed by atoms with Crippen LogP contribution >= 0.6 is 0 Å². The molecule has 0 aliphatic rings. The molecule has 0 unspecified atom stereocenters. The Morgan fingerprint density at radius 1 is 1.33 bits per heavy atom. The SMILES string of the molecule is CN(C)C(=O)CCNCCCOCCO. The second-order valence-electron chi connectivity index (χ2n) is 3.48. The van der Waals surface area contributed by atoms with Crippen LogP contribution in [0.1, 0.15) is 12.8 Å². The molecule has 0 heterocycles. The lowest BCUT2D eigenvalue weighted by atomic mass is 10.3. The van der Waals surface area contributed by atoms with E-state index in [4.69, 9.17) is 9.84 Å². The molecule has 0 aromatic heterocycles. The predicted molar refractivity (Wildman–Crippen MR) is 58.7 cm³/mol. The second kappa shape index (κ2) is 9.89. The molecule has 0 aromatic rings. The zero-order valence-corrected chi connectivity index (χ0v) is 9.66. The van der Waals surface area contributed by atoms with Crippen molar-refractivity contribution in [3.8, 4) is 0 Å². The number of amides is 1. The van der Waals surface area contributed by atoms with Crippen molar-refractivity contribution < 1.29 is 14.6 Å². The van der Waals surface area contributed by atoms with Crippen LogP contribution in [0, 0.1) is 0 Å². The Hall–Kier alpha value is -0.650. The fourth-order valence-corrected chi connectivity index (χ4v) is 1.01. The van der Waals surface area contributed by atoms with E-state index in [9.17, 15) is 4.79 Å². The van der Waals surface area contributed by atoms with Gasteiger partial charge in [-0.2, -0.15) is 0 Å². The second-order valence-corrected chi connectivity index (χ2v) is 3.48. The average molecular weight is 218 g/mol. The quantitative estimate of drug-likeness (QED) is 0.510. The van der Waals surface area contributed by atoms with Gasteiger partial charge in [0.15, 0.2) is 0 Å². The van der Waals surface area contributed by atoms with Crippen LogP contribution < -0.4 is 5.32 Å². The molecule has 0 aliphatic heterocycles. The van der Waals surface area contributed by atoms with Gasteiger partial charge in [0.05, 0.1) is 13.2 Å². The van der Waals surface area contributed by atoms with E-state index >= 15 is 0 Å². The molecule has 0 aromatic carbocycles. The maximum absolute atomic E-state index is 11.2. The van der Waals surface area contributed by atoms with Gasteiger partial charge in [-0.25, -0.2) is 0 Å². The van der Waals surface area contributed by atoms with Crippen molar-refractivity contribution in [1.29, 1.82) is 0 Å². The van der Waals surface area contributed by atoms with Gasteiger partial charge in [0.25, 0.3) is 0 Å². The summed E-state index contributed by atoms with van der Waals surface area (Å²) in [4.78, 5) is 12.7. The number of nitrogens with zero attached hydrogens (tertiary/aromatic N) is 1. The number of hydrogen-bond donors (Lipinski definition) is 2. The third-order valence-electron chi connectivity index (χ3n) is 1.89. The zero-order valence-electron chi connectivity index (χ0n) is 9.66. The molecule has 0 bridgehead atoms. The van der Waals surface area contributed by atoms with Gasteiger partial charge in [-0.1, -0.05) is 0 Å². The standard InChI is InChI=1S/C10H22N2O3/c1-12(2)10(14)4-6-11-5-3-8-15-9-7-13/h11,13H,3-9H2,1-2H3. The van der Waals surface area contributed by atoms with E-state index in [-0.39, 0.29) is 12.5 Å². The van der Waals surface area contributed by atoms with Gasteiger partial charge in [0.2, 0.25) is 5.91 Å². The monoisotopic (exact) mass is 218 g/mol. The summed E-state index contributed by atoms with van der Waals surface area (Å²) in [6.07, 6.45) is 1.43. The Bertz CT molecular complexity index is 163. The summed E-state index contributed by atoms with van der Waals surface area (Å²) in [7, 11) is 3.51. The number of hydrogen-bond acceptors (Lipinski definition) is 4. The van der Waals surface area contributed by atoms with E-state index < -0.39 is 0 Å². The molecule has 2 N–H and O–H groups in total. The molecule has 0 saturated carbocycles. The van der Waals surface area contributed by atoms with Crippen LogP contribution in [0.4, 0.5) is 0 Å². The van der Waals surface area contributed by atoms with Gasteiger partial charge >= 0.3 is 0 Å². The van der Waals surface area contributed by atoms with Gasteiger partial charge in [0, 0.05) is 33.7 Å². The van der Waals surface area contributed by atoms with Gasteiger partial charge in [-0.05, 0) is 13.0 Å². The van der Waals surface area contributed by atoms with Crippen LogP contribution in [-0.2, 0) is 9.53 Å². The van der Waals surface area contributed by atoms with E-state index in [1.54, 1.807) is 19.0 Å². The van der Waals surface area contributed by atoms with E-state index in [2.05, 4.69) is 5.32 Å². The highest BCUT2D eigenvalue weighted by atomic mass is 16.5. The lowest BCUT2D eigenvalue weighted by molar-refractivity contribution is -0.128. The molecular formula is C10H22N2O3. The lowest BCUT2D eigenvalue weighted by Crippen LogP contribution is -2.27. The molecule has 0 rings (SSSR count). The van der Waals surface area contributed by atoms with Crippen LogP contribution in [-0.4, -0.2) is 62.9 Å². The van der Waals surface area contributed by atoms with E-state index in [0.29, 0.717) is 26.2 Å². The molecule has 90 valence electrons. The smallest absolute Gasteiger partial charge is 0.223 e. The maximum atomic E-state index is 11.2. The van der Waals surface area contributed by atoms with E-state index in [1.165, 1.54) is 0 Å². The minimum absolute atomic E-state index is 0.0742. The fraction of sp³-hybridized carbons (Fsp3) is 0.900. The Morgan fingerprint density at radius 2 is 2.07 bits per heavy atom. The Morgan fingerprint density at radius 3 is 2.67 bits per heavy atom. The maximum Gasteiger partial charge on any atom is 0.223 e. The number of aliphatic hydroxyl groups excluding tert-OH is 1. The minimum atomic E-state index is 0.0742. The molecule has 0 radical (unpaired) electrons. The van der Waals surface area contributed by atoms with Crippen LogP contribution in [0.25, 0.3) is 0 Å². The average Bonchev–Trinajstić information content (AvgIpc) is 2.21. The normalized spacial score (nSPS) is 10.3. The van der Waals surface area contributed by atoms with Crippen molar-refractivity contribution in [3.05, 3.63) is 0 Å². The molecule has 5 heteroatoms. The largest absolute Gasteiger partial charge is 0.394 e. The summed E-state index contributed by atoms with van der Waals surface area (Å²) >= 11 is 0. The summed E-state index contributed by atoms with van der Waals surface area (Å²) in [5.41, 5.74) is 0. The number of carbonyl (C=O) groups excluding carboxylic acids is 1.